The average molecular weight is 253 g/mol. The van der Waals surface area contributed by atoms with Crippen LogP contribution >= 0.6 is 0 Å². The Labute approximate surface area is 108 Å². The van der Waals surface area contributed by atoms with Gasteiger partial charge in [0.15, 0.2) is 5.96 Å². The SMILES string of the molecule is CN=C(NCCCn1cccn1)NC(C)COC. The van der Waals surface area contributed by atoms with Crippen LogP contribution in [-0.4, -0.2) is 49.1 Å². The van der Waals surface area contributed by atoms with Crippen molar-refractivity contribution in [3.63, 3.8) is 0 Å². The number of nitrogens with zero attached hydrogens (tertiary/aromatic N) is 3. The van der Waals surface area contributed by atoms with Gasteiger partial charge in [0.1, 0.15) is 0 Å². The number of rotatable bonds is 7. The van der Waals surface area contributed by atoms with Gasteiger partial charge < -0.3 is 15.4 Å². The second kappa shape index (κ2) is 8.52. The van der Waals surface area contributed by atoms with Crippen molar-refractivity contribution in [3.05, 3.63) is 18.5 Å². The molecule has 1 heterocycles. The molecular formula is C12H23N5O. The van der Waals surface area contributed by atoms with E-state index in [9.17, 15) is 0 Å². The second-order valence-electron chi connectivity index (χ2n) is 4.12. The summed E-state index contributed by atoms with van der Waals surface area (Å²) in [4.78, 5) is 4.16. The van der Waals surface area contributed by atoms with Crippen molar-refractivity contribution < 1.29 is 4.74 Å². The highest BCUT2D eigenvalue weighted by atomic mass is 16.5. The lowest BCUT2D eigenvalue weighted by atomic mass is 10.3. The van der Waals surface area contributed by atoms with Gasteiger partial charge in [-0.15, -0.1) is 0 Å². The van der Waals surface area contributed by atoms with E-state index in [1.54, 1.807) is 20.4 Å². The molecule has 0 aliphatic heterocycles. The lowest BCUT2D eigenvalue weighted by Crippen LogP contribution is -2.44. The van der Waals surface area contributed by atoms with Crippen molar-refractivity contribution in [2.75, 3.05) is 27.3 Å². The smallest absolute Gasteiger partial charge is 0.191 e. The summed E-state index contributed by atoms with van der Waals surface area (Å²) >= 11 is 0. The summed E-state index contributed by atoms with van der Waals surface area (Å²) in [7, 11) is 3.46. The molecule has 0 bridgehead atoms. The Hall–Kier alpha value is -1.56. The van der Waals surface area contributed by atoms with Crippen molar-refractivity contribution in [1.29, 1.82) is 0 Å². The van der Waals surface area contributed by atoms with E-state index in [0.717, 1.165) is 25.5 Å². The van der Waals surface area contributed by atoms with Gasteiger partial charge in [-0.1, -0.05) is 0 Å². The van der Waals surface area contributed by atoms with Crippen LogP contribution < -0.4 is 10.6 Å². The molecule has 6 heteroatoms. The van der Waals surface area contributed by atoms with E-state index in [0.29, 0.717) is 6.61 Å². The molecule has 0 saturated carbocycles. The summed E-state index contributed by atoms with van der Waals surface area (Å²) in [5, 5.41) is 10.7. The minimum absolute atomic E-state index is 0.243. The third kappa shape index (κ3) is 5.67. The lowest BCUT2D eigenvalue weighted by Gasteiger charge is -2.17. The number of ether oxygens (including phenoxy) is 1. The lowest BCUT2D eigenvalue weighted by molar-refractivity contribution is 0.179. The molecule has 18 heavy (non-hydrogen) atoms. The Morgan fingerprint density at radius 1 is 1.56 bits per heavy atom. The molecule has 6 nitrogen and oxygen atoms in total. The van der Waals surface area contributed by atoms with Crippen LogP contribution in [0.1, 0.15) is 13.3 Å². The first-order chi connectivity index (χ1) is 8.76. The summed E-state index contributed by atoms with van der Waals surface area (Å²) in [6.45, 7) is 4.48. The monoisotopic (exact) mass is 253 g/mol. The summed E-state index contributed by atoms with van der Waals surface area (Å²) in [5.41, 5.74) is 0. The highest BCUT2D eigenvalue weighted by Crippen LogP contribution is 1.88. The normalized spacial score (nSPS) is 13.4. The highest BCUT2D eigenvalue weighted by molar-refractivity contribution is 5.79. The third-order valence-electron chi connectivity index (χ3n) is 2.44. The Balaban J connectivity index is 2.15. The third-order valence-corrected chi connectivity index (χ3v) is 2.44. The summed E-state index contributed by atoms with van der Waals surface area (Å²) < 4.78 is 6.99. The molecule has 1 aromatic heterocycles. The van der Waals surface area contributed by atoms with Crippen molar-refractivity contribution in [2.24, 2.45) is 4.99 Å². The molecule has 0 aliphatic carbocycles. The van der Waals surface area contributed by atoms with E-state index in [4.69, 9.17) is 4.74 Å². The van der Waals surface area contributed by atoms with Crippen LogP contribution in [0.4, 0.5) is 0 Å². The fraction of sp³-hybridized carbons (Fsp3) is 0.667. The van der Waals surface area contributed by atoms with E-state index in [-0.39, 0.29) is 6.04 Å². The van der Waals surface area contributed by atoms with Gasteiger partial charge in [-0.2, -0.15) is 5.10 Å². The molecule has 1 rings (SSSR count). The molecule has 0 spiro atoms. The van der Waals surface area contributed by atoms with Gasteiger partial charge in [-0.25, -0.2) is 0 Å². The number of aliphatic imine (C=N–C) groups is 1. The first kappa shape index (κ1) is 14.5. The number of aryl methyl sites for hydroxylation is 1. The number of aromatic nitrogens is 2. The molecule has 0 fully saturated rings. The molecule has 0 saturated heterocycles. The first-order valence-electron chi connectivity index (χ1n) is 6.19. The van der Waals surface area contributed by atoms with Crippen LogP contribution in [0.25, 0.3) is 0 Å². The van der Waals surface area contributed by atoms with Crippen molar-refractivity contribution >= 4 is 5.96 Å². The predicted molar refractivity (Wildman–Crippen MR) is 72.7 cm³/mol. The minimum Gasteiger partial charge on any atom is -0.383 e. The van der Waals surface area contributed by atoms with E-state index in [2.05, 4.69) is 27.6 Å². The maximum Gasteiger partial charge on any atom is 0.191 e. The summed E-state index contributed by atoms with van der Waals surface area (Å²) in [6, 6.07) is 2.17. The van der Waals surface area contributed by atoms with E-state index in [1.165, 1.54) is 0 Å². The Kier molecular flexibility index (Phi) is 6.86. The Morgan fingerprint density at radius 2 is 2.39 bits per heavy atom. The molecule has 102 valence electrons. The van der Waals surface area contributed by atoms with Crippen LogP contribution in [0, 0.1) is 0 Å². The maximum absolute atomic E-state index is 5.07. The quantitative estimate of drug-likeness (QED) is 0.421. The fourth-order valence-corrected chi connectivity index (χ4v) is 1.60. The largest absolute Gasteiger partial charge is 0.383 e. The standard InChI is InChI=1S/C12H23N5O/c1-11(10-18-3)16-12(13-2)14-6-4-8-17-9-5-7-15-17/h5,7,9,11H,4,6,8,10H2,1-3H3,(H2,13,14,16). The number of hydrogen-bond donors (Lipinski definition) is 2. The van der Waals surface area contributed by atoms with Gasteiger partial charge in [0.2, 0.25) is 0 Å². The number of guanidine groups is 1. The second-order valence-corrected chi connectivity index (χ2v) is 4.12. The topological polar surface area (TPSA) is 63.5 Å². The van der Waals surface area contributed by atoms with Gasteiger partial charge in [0, 0.05) is 45.7 Å². The van der Waals surface area contributed by atoms with E-state index < -0.39 is 0 Å². The molecule has 0 amide bonds. The Bertz CT molecular complexity index is 336. The van der Waals surface area contributed by atoms with Gasteiger partial charge in [0.25, 0.3) is 0 Å². The molecule has 0 aromatic carbocycles. The van der Waals surface area contributed by atoms with Crippen molar-refractivity contribution in [3.8, 4) is 0 Å². The van der Waals surface area contributed by atoms with Crippen LogP contribution in [0.2, 0.25) is 0 Å². The zero-order chi connectivity index (χ0) is 13.2. The predicted octanol–water partition coefficient (Wildman–Crippen LogP) is 0.473. The molecule has 2 N–H and O–H groups in total. The van der Waals surface area contributed by atoms with Crippen LogP contribution in [0.15, 0.2) is 23.5 Å². The fourth-order valence-electron chi connectivity index (χ4n) is 1.60. The van der Waals surface area contributed by atoms with Crippen molar-refractivity contribution in [1.82, 2.24) is 20.4 Å². The molecule has 1 aromatic rings. The van der Waals surface area contributed by atoms with Gasteiger partial charge in [-0.05, 0) is 19.4 Å². The number of methoxy groups -OCH3 is 1. The van der Waals surface area contributed by atoms with Gasteiger partial charge in [0.05, 0.1) is 6.61 Å². The van der Waals surface area contributed by atoms with Crippen LogP contribution in [0.3, 0.4) is 0 Å². The van der Waals surface area contributed by atoms with Gasteiger partial charge in [-0.3, -0.25) is 9.67 Å². The highest BCUT2D eigenvalue weighted by Gasteiger charge is 2.03. The Morgan fingerprint density at radius 3 is 3.00 bits per heavy atom. The zero-order valence-corrected chi connectivity index (χ0v) is 11.4. The zero-order valence-electron chi connectivity index (χ0n) is 11.4. The minimum atomic E-state index is 0.243. The van der Waals surface area contributed by atoms with Crippen LogP contribution in [-0.2, 0) is 11.3 Å². The summed E-state index contributed by atoms with van der Waals surface area (Å²) in [6.07, 6.45) is 4.76. The van der Waals surface area contributed by atoms with Gasteiger partial charge >= 0.3 is 0 Å². The molecule has 0 radical (unpaired) electrons. The average Bonchev–Trinajstić information content (AvgIpc) is 2.86. The number of hydrogen-bond acceptors (Lipinski definition) is 3. The maximum atomic E-state index is 5.07. The van der Waals surface area contributed by atoms with E-state index >= 15 is 0 Å². The summed E-state index contributed by atoms with van der Waals surface area (Å²) in [5.74, 6) is 0.806. The van der Waals surface area contributed by atoms with E-state index in [1.807, 2.05) is 16.9 Å². The molecule has 1 unspecified atom stereocenters. The number of nitrogens with one attached hydrogen (secondary N) is 2. The molecule has 0 aliphatic rings. The first-order valence-corrected chi connectivity index (χ1v) is 6.19. The van der Waals surface area contributed by atoms with Crippen molar-refractivity contribution in [2.45, 2.75) is 25.9 Å². The molecular weight excluding hydrogens is 230 g/mol. The molecule has 1 atom stereocenters. The van der Waals surface area contributed by atoms with Crippen LogP contribution in [0.5, 0.6) is 0 Å².